The number of rotatable bonds is 4. The van der Waals surface area contributed by atoms with E-state index >= 15 is 0 Å². The van der Waals surface area contributed by atoms with Crippen LogP contribution in [-0.4, -0.2) is 34.3 Å². The lowest BCUT2D eigenvalue weighted by Crippen LogP contribution is -2.02. The van der Waals surface area contributed by atoms with Crippen LogP contribution in [0, 0.1) is 0 Å². The van der Waals surface area contributed by atoms with Crippen molar-refractivity contribution in [2.24, 2.45) is 0 Å². The second-order valence-electron chi connectivity index (χ2n) is 4.25. The molecule has 0 bridgehead atoms. The van der Waals surface area contributed by atoms with Crippen LogP contribution >= 0.6 is 15.9 Å². The number of aromatic amines is 1. The van der Waals surface area contributed by atoms with Gasteiger partial charge in [0.1, 0.15) is 11.6 Å². The van der Waals surface area contributed by atoms with Crippen LogP contribution in [0.25, 0.3) is 11.0 Å². The van der Waals surface area contributed by atoms with E-state index in [0.29, 0.717) is 17.4 Å². The molecule has 0 saturated carbocycles. The van der Waals surface area contributed by atoms with Crippen molar-refractivity contribution >= 4 is 44.4 Å². The van der Waals surface area contributed by atoms with Crippen LogP contribution in [0.4, 0.5) is 17.5 Å². The summed E-state index contributed by atoms with van der Waals surface area (Å²) in [5, 5.41) is 13.9. The molecule has 7 nitrogen and oxygen atoms in total. The Morgan fingerprint density at radius 3 is 2.90 bits per heavy atom. The van der Waals surface area contributed by atoms with Crippen LogP contribution in [0.15, 0.2) is 28.9 Å². The summed E-state index contributed by atoms with van der Waals surface area (Å²) in [6, 6.07) is 5.67. The second kappa shape index (κ2) is 5.57. The lowest BCUT2D eigenvalue weighted by molar-refractivity contribution is 0.415. The fourth-order valence-electron chi connectivity index (χ4n) is 1.90. The molecule has 8 heteroatoms. The Labute approximate surface area is 129 Å². The summed E-state index contributed by atoms with van der Waals surface area (Å²) in [6.07, 6.45) is 1.69. The zero-order valence-corrected chi connectivity index (χ0v) is 13.0. The molecule has 0 radical (unpaired) electrons. The van der Waals surface area contributed by atoms with Crippen molar-refractivity contribution < 1.29 is 4.74 Å². The Bertz CT molecular complexity index is 787. The zero-order chi connectivity index (χ0) is 14.8. The third-order valence-electron chi connectivity index (χ3n) is 2.96. The monoisotopic (exact) mass is 348 g/mol. The molecule has 0 aliphatic heterocycles. The van der Waals surface area contributed by atoms with Gasteiger partial charge in [-0.1, -0.05) is 0 Å². The van der Waals surface area contributed by atoms with Gasteiger partial charge < -0.3 is 15.4 Å². The molecule has 108 valence electrons. The van der Waals surface area contributed by atoms with Crippen molar-refractivity contribution in [1.29, 1.82) is 0 Å². The van der Waals surface area contributed by atoms with Gasteiger partial charge in [0.2, 0.25) is 5.95 Å². The minimum absolute atomic E-state index is 0.508. The standard InChI is InChI=1S/C13H13BrN6O/c1-15-13-18-11(8-6-16-20-12(8)19-13)17-10-5-7(21-2)3-4-9(10)14/h3-6H,1-2H3,(H3,15,16,17,18,19,20). The van der Waals surface area contributed by atoms with Crippen molar-refractivity contribution in [3.8, 4) is 5.75 Å². The first-order valence-corrected chi connectivity index (χ1v) is 7.00. The van der Waals surface area contributed by atoms with Crippen LogP contribution in [0.2, 0.25) is 0 Å². The highest BCUT2D eigenvalue weighted by Gasteiger charge is 2.11. The van der Waals surface area contributed by atoms with Gasteiger partial charge in [-0.3, -0.25) is 5.10 Å². The molecule has 3 N–H and O–H groups in total. The predicted molar refractivity (Wildman–Crippen MR) is 85.2 cm³/mol. The van der Waals surface area contributed by atoms with Gasteiger partial charge in [-0.2, -0.15) is 15.1 Å². The Kier molecular flexibility index (Phi) is 3.61. The highest BCUT2D eigenvalue weighted by atomic mass is 79.9. The molecule has 1 aromatic carbocycles. The van der Waals surface area contributed by atoms with Gasteiger partial charge >= 0.3 is 0 Å². The van der Waals surface area contributed by atoms with E-state index in [0.717, 1.165) is 21.3 Å². The molecular formula is C13H13BrN6O. The predicted octanol–water partition coefficient (Wildman–Crippen LogP) is 2.91. The number of fused-ring (bicyclic) bond motifs is 1. The summed E-state index contributed by atoms with van der Waals surface area (Å²) in [5.41, 5.74) is 1.51. The van der Waals surface area contributed by atoms with Crippen molar-refractivity contribution in [2.45, 2.75) is 0 Å². The number of aromatic nitrogens is 4. The number of H-pyrrole nitrogens is 1. The fourth-order valence-corrected chi connectivity index (χ4v) is 2.24. The number of nitrogens with zero attached hydrogens (tertiary/aromatic N) is 3. The Morgan fingerprint density at radius 1 is 1.29 bits per heavy atom. The van der Waals surface area contributed by atoms with Gasteiger partial charge in [0, 0.05) is 17.6 Å². The summed E-state index contributed by atoms with van der Waals surface area (Å²) in [5.74, 6) is 1.92. The van der Waals surface area contributed by atoms with Crippen LogP contribution in [0.3, 0.4) is 0 Å². The number of methoxy groups -OCH3 is 1. The topological polar surface area (TPSA) is 87.8 Å². The molecule has 0 amide bonds. The fraction of sp³-hybridized carbons (Fsp3) is 0.154. The molecular weight excluding hydrogens is 336 g/mol. The minimum atomic E-state index is 0.508. The number of hydrogen-bond acceptors (Lipinski definition) is 6. The maximum atomic E-state index is 5.24. The average molecular weight is 349 g/mol. The Morgan fingerprint density at radius 2 is 2.14 bits per heavy atom. The highest BCUT2D eigenvalue weighted by Crippen LogP contribution is 2.31. The summed E-state index contributed by atoms with van der Waals surface area (Å²) in [7, 11) is 3.40. The van der Waals surface area contributed by atoms with Gasteiger partial charge in [0.25, 0.3) is 0 Å². The maximum Gasteiger partial charge on any atom is 0.226 e. The molecule has 3 aromatic rings. The minimum Gasteiger partial charge on any atom is -0.497 e. The van der Waals surface area contributed by atoms with Crippen LogP contribution in [0.1, 0.15) is 0 Å². The lowest BCUT2D eigenvalue weighted by atomic mass is 10.3. The van der Waals surface area contributed by atoms with E-state index in [1.165, 1.54) is 0 Å². The van der Waals surface area contributed by atoms with E-state index in [1.807, 2.05) is 18.2 Å². The van der Waals surface area contributed by atoms with E-state index in [1.54, 1.807) is 20.4 Å². The number of benzene rings is 1. The van der Waals surface area contributed by atoms with E-state index in [4.69, 9.17) is 4.74 Å². The lowest BCUT2D eigenvalue weighted by Gasteiger charge is -2.11. The van der Waals surface area contributed by atoms with E-state index in [-0.39, 0.29) is 0 Å². The zero-order valence-electron chi connectivity index (χ0n) is 11.4. The first-order chi connectivity index (χ1) is 10.2. The molecule has 0 saturated heterocycles. The van der Waals surface area contributed by atoms with Gasteiger partial charge in [-0.05, 0) is 28.1 Å². The summed E-state index contributed by atoms with van der Waals surface area (Å²) >= 11 is 3.51. The maximum absolute atomic E-state index is 5.24. The summed E-state index contributed by atoms with van der Waals surface area (Å²) in [6.45, 7) is 0. The molecule has 2 heterocycles. The third-order valence-corrected chi connectivity index (χ3v) is 3.65. The molecule has 2 aromatic heterocycles. The number of ether oxygens (including phenoxy) is 1. The quantitative estimate of drug-likeness (QED) is 0.671. The smallest absolute Gasteiger partial charge is 0.226 e. The van der Waals surface area contributed by atoms with Crippen LogP contribution in [-0.2, 0) is 0 Å². The third kappa shape index (κ3) is 2.62. The largest absolute Gasteiger partial charge is 0.497 e. The van der Waals surface area contributed by atoms with E-state index in [9.17, 15) is 0 Å². The number of anilines is 3. The van der Waals surface area contributed by atoms with Crippen molar-refractivity contribution in [1.82, 2.24) is 20.2 Å². The van der Waals surface area contributed by atoms with Gasteiger partial charge in [-0.25, -0.2) is 0 Å². The average Bonchev–Trinajstić information content (AvgIpc) is 2.98. The molecule has 0 aliphatic carbocycles. The number of nitrogens with one attached hydrogen (secondary N) is 3. The molecule has 21 heavy (non-hydrogen) atoms. The van der Waals surface area contributed by atoms with Crippen LogP contribution < -0.4 is 15.4 Å². The summed E-state index contributed by atoms with van der Waals surface area (Å²) < 4.78 is 6.15. The van der Waals surface area contributed by atoms with E-state index < -0.39 is 0 Å². The normalized spacial score (nSPS) is 10.6. The highest BCUT2D eigenvalue weighted by molar-refractivity contribution is 9.10. The Hall–Kier alpha value is -2.35. The van der Waals surface area contributed by atoms with Gasteiger partial charge in [0.05, 0.1) is 24.4 Å². The molecule has 0 atom stereocenters. The van der Waals surface area contributed by atoms with E-state index in [2.05, 4.69) is 46.7 Å². The molecule has 3 rings (SSSR count). The first-order valence-electron chi connectivity index (χ1n) is 6.20. The summed E-state index contributed by atoms with van der Waals surface area (Å²) in [4.78, 5) is 8.72. The number of halogens is 1. The molecule has 0 spiro atoms. The number of hydrogen-bond donors (Lipinski definition) is 3. The van der Waals surface area contributed by atoms with Crippen molar-refractivity contribution in [2.75, 3.05) is 24.8 Å². The van der Waals surface area contributed by atoms with Crippen molar-refractivity contribution in [3.05, 3.63) is 28.9 Å². The first kappa shape index (κ1) is 13.6. The van der Waals surface area contributed by atoms with Gasteiger partial charge in [-0.15, -0.1) is 0 Å². The van der Waals surface area contributed by atoms with Crippen LogP contribution in [0.5, 0.6) is 5.75 Å². The molecule has 0 aliphatic rings. The molecule has 0 unspecified atom stereocenters. The molecule has 0 fully saturated rings. The van der Waals surface area contributed by atoms with Gasteiger partial charge in [0.15, 0.2) is 5.65 Å². The SMILES string of the molecule is CNc1nc(Nc2cc(OC)ccc2Br)c2cn[nH]c2n1. The van der Waals surface area contributed by atoms with Crippen molar-refractivity contribution in [3.63, 3.8) is 0 Å². The Balaban J connectivity index is 2.07. The second-order valence-corrected chi connectivity index (χ2v) is 5.10.